The van der Waals surface area contributed by atoms with Gasteiger partial charge in [0.15, 0.2) is 6.29 Å². The maximum absolute atomic E-state index is 11.5. The van der Waals surface area contributed by atoms with Gasteiger partial charge in [0.2, 0.25) is 0 Å². The molecule has 0 rings (SSSR count). The second kappa shape index (κ2) is 6.15. The van der Waals surface area contributed by atoms with E-state index in [0.29, 0.717) is 4.48 Å². The summed E-state index contributed by atoms with van der Waals surface area (Å²) in [5.41, 5.74) is 0. The van der Waals surface area contributed by atoms with Crippen LogP contribution in [0, 0.1) is 0 Å². The van der Waals surface area contributed by atoms with Crippen LogP contribution in [0.3, 0.4) is 0 Å². The second-order valence-corrected chi connectivity index (χ2v) is 6.09. The van der Waals surface area contributed by atoms with Crippen LogP contribution in [0.2, 0.25) is 0 Å². The predicted molar refractivity (Wildman–Crippen MR) is 59.8 cm³/mol. The van der Waals surface area contributed by atoms with Crippen molar-refractivity contribution in [1.29, 1.82) is 0 Å². The van der Waals surface area contributed by atoms with Gasteiger partial charge in [-0.25, -0.2) is 4.79 Å². The van der Waals surface area contributed by atoms with Crippen LogP contribution in [-0.4, -0.2) is 56.0 Å². The van der Waals surface area contributed by atoms with Crippen LogP contribution in [0.25, 0.3) is 0 Å². The summed E-state index contributed by atoms with van der Waals surface area (Å²) in [4.78, 5) is 20.1. The maximum atomic E-state index is 11.5. The molecule has 0 spiro atoms. The standard InChI is InChI=1S/C9H18NO5P/c1-5-9(11)14-6-7-15-16(12,13)8-10(2,3)4/h5H,1,6-8H2,2-4H3/p+1. The summed E-state index contributed by atoms with van der Waals surface area (Å²) in [5.74, 6) is -0.581. The SMILES string of the molecule is C=CC(=O)OCCOP(=O)(O)C[N+](C)(C)C. The van der Waals surface area contributed by atoms with Gasteiger partial charge in [0, 0.05) is 6.08 Å². The fraction of sp³-hybridized carbons (Fsp3) is 0.667. The highest BCUT2D eigenvalue weighted by atomic mass is 31.2. The highest BCUT2D eigenvalue weighted by Crippen LogP contribution is 2.42. The van der Waals surface area contributed by atoms with Gasteiger partial charge in [-0.05, 0) is 0 Å². The lowest BCUT2D eigenvalue weighted by atomic mass is 10.6. The topological polar surface area (TPSA) is 72.8 Å². The second-order valence-electron chi connectivity index (χ2n) is 4.27. The molecule has 0 saturated heterocycles. The number of rotatable bonds is 7. The normalized spacial score (nSPS) is 15.2. The van der Waals surface area contributed by atoms with Gasteiger partial charge in [-0.3, -0.25) is 4.57 Å². The Bertz CT molecular complexity index is 297. The average Bonchev–Trinajstić information content (AvgIpc) is 2.08. The number of quaternary nitrogens is 1. The van der Waals surface area contributed by atoms with E-state index in [0.717, 1.165) is 6.08 Å². The van der Waals surface area contributed by atoms with E-state index in [4.69, 9.17) is 4.52 Å². The summed E-state index contributed by atoms with van der Waals surface area (Å²) in [6, 6.07) is 0. The smallest absolute Gasteiger partial charge is 0.382 e. The Labute approximate surface area is 95.6 Å². The molecule has 0 aliphatic carbocycles. The van der Waals surface area contributed by atoms with E-state index >= 15 is 0 Å². The van der Waals surface area contributed by atoms with E-state index in [1.165, 1.54) is 0 Å². The van der Waals surface area contributed by atoms with Gasteiger partial charge in [-0.2, -0.15) is 0 Å². The first-order valence-electron chi connectivity index (χ1n) is 4.72. The van der Waals surface area contributed by atoms with Crippen molar-refractivity contribution in [3.05, 3.63) is 12.7 Å². The molecular weight excluding hydrogens is 233 g/mol. The first-order valence-corrected chi connectivity index (χ1v) is 6.48. The van der Waals surface area contributed by atoms with Crippen LogP contribution in [0.4, 0.5) is 0 Å². The molecule has 1 atom stereocenters. The van der Waals surface area contributed by atoms with Gasteiger partial charge in [-0.1, -0.05) is 6.58 Å². The first-order chi connectivity index (χ1) is 7.16. The summed E-state index contributed by atoms with van der Waals surface area (Å²) in [5, 5.41) is 0. The van der Waals surface area contributed by atoms with Crippen LogP contribution in [0.15, 0.2) is 12.7 Å². The molecule has 0 aromatic carbocycles. The average molecular weight is 252 g/mol. The maximum Gasteiger partial charge on any atom is 0.382 e. The Morgan fingerprint density at radius 1 is 1.44 bits per heavy atom. The Kier molecular flexibility index (Phi) is 5.89. The van der Waals surface area contributed by atoms with E-state index < -0.39 is 13.6 Å². The predicted octanol–water partition coefficient (Wildman–Crippen LogP) is 0.581. The third-order valence-corrected chi connectivity index (χ3v) is 3.18. The van der Waals surface area contributed by atoms with Crippen LogP contribution in [0.1, 0.15) is 0 Å². The molecule has 0 aliphatic heterocycles. The van der Waals surface area contributed by atoms with Gasteiger partial charge in [-0.15, -0.1) is 0 Å². The summed E-state index contributed by atoms with van der Waals surface area (Å²) in [6.07, 6.45) is 1.02. The van der Waals surface area contributed by atoms with E-state index in [2.05, 4.69) is 11.3 Å². The lowest BCUT2D eigenvalue weighted by Crippen LogP contribution is -2.35. The summed E-state index contributed by atoms with van der Waals surface area (Å²) in [6.45, 7) is 3.05. The molecule has 7 heteroatoms. The molecule has 1 N–H and O–H groups in total. The number of ether oxygens (including phenoxy) is 1. The minimum absolute atomic E-state index is 0.00239. The molecule has 0 aromatic rings. The molecule has 1 unspecified atom stereocenters. The zero-order valence-electron chi connectivity index (χ0n) is 9.88. The van der Waals surface area contributed by atoms with Gasteiger partial charge in [0.1, 0.15) is 6.61 Å². The number of esters is 1. The van der Waals surface area contributed by atoms with Gasteiger partial charge in [0.25, 0.3) is 0 Å². The lowest BCUT2D eigenvalue weighted by molar-refractivity contribution is -0.859. The third kappa shape index (κ3) is 8.61. The molecule has 0 amide bonds. The molecule has 6 nitrogen and oxygen atoms in total. The van der Waals surface area contributed by atoms with Gasteiger partial charge in [0.05, 0.1) is 27.7 Å². The molecule has 0 aliphatic rings. The van der Waals surface area contributed by atoms with Crippen molar-refractivity contribution in [3.63, 3.8) is 0 Å². The van der Waals surface area contributed by atoms with Crippen molar-refractivity contribution in [3.8, 4) is 0 Å². The van der Waals surface area contributed by atoms with Crippen molar-refractivity contribution in [2.24, 2.45) is 0 Å². The van der Waals surface area contributed by atoms with E-state index in [-0.39, 0.29) is 19.5 Å². The first kappa shape index (κ1) is 15.3. The van der Waals surface area contributed by atoms with Gasteiger partial charge >= 0.3 is 13.6 Å². The molecule has 0 radical (unpaired) electrons. The van der Waals surface area contributed by atoms with E-state index in [1.807, 2.05) is 0 Å². The van der Waals surface area contributed by atoms with E-state index in [1.54, 1.807) is 21.1 Å². The van der Waals surface area contributed by atoms with Crippen LogP contribution in [0.5, 0.6) is 0 Å². The largest absolute Gasteiger partial charge is 0.460 e. The highest BCUT2D eigenvalue weighted by molar-refractivity contribution is 7.52. The minimum Gasteiger partial charge on any atom is -0.460 e. The third-order valence-electron chi connectivity index (χ3n) is 1.39. The number of carbonyl (C=O) groups excluding carboxylic acids is 1. The Morgan fingerprint density at radius 2 is 2.00 bits per heavy atom. The van der Waals surface area contributed by atoms with Crippen molar-refractivity contribution >= 4 is 13.6 Å². The van der Waals surface area contributed by atoms with Crippen LogP contribution < -0.4 is 0 Å². The molecular formula is C9H19NO5P+. The highest BCUT2D eigenvalue weighted by Gasteiger charge is 2.28. The fourth-order valence-electron chi connectivity index (χ4n) is 0.958. The van der Waals surface area contributed by atoms with Crippen molar-refractivity contribution < 1.29 is 28.0 Å². The molecule has 0 heterocycles. The van der Waals surface area contributed by atoms with Gasteiger partial charge < -0.3 is 18.6 Å². The summed E-state index contributed by atoms with van der Waals surface area (Å²) in [7, 11) is 1.72. The van der Waals surface area contributed by atoms with Crippen molar-refractivity contribution in [1.82, 2.24) is 0 Å². The molecule has 0 bridgehead atoms. The lowest BCUT2D eigenvalue weighted by Gasteiger charge is -2.25. The van der Waals surface area contributed by atoms with Crippen LogP contribution >= 0.6 is 7.60 Å². The van der Waals surface area contributed by atoms with Crippen molar-refractivity contribution in [2.75, 3.05) is 40.6 Å². The number of hydrogen-bond acceptors (Lipinski definition) is 4. The zero-order valence-corrected chi connectivity index (χ0v) is 10.8. The quantitative estimate of drug-likeness (QED) is 0.236. The Balaban J connectivity index is 3.88. The summed E-state index contributed by atoms with van der Waals surface area (Å²) < 4.78 is 21.2. The van der Waals surface area contributed by atoms with Crippen molar-refractivity contribution in [2.45, 2.75) is 0 Å². The number of nitrogens with zero attached hydrogens (tertiary/aromatic N) is 1. The Hall–Kier alpha value is -0.680. The zero-order chi connectivity index (χ0) is 12.8. The molecule has 0 fully saturated rings. The van der Waals surface area contributed by atoms with E-state index in [9.17, 15) is 14.3 Å². The summed E-state index contributed by atoms with van der Waals surface area (Å²) >= 11 is 0. The molecule has 0 saturated carbocycles. The van der Waals surface area contributed by atoms with Crippen LogP contribution in [-0.2, 0) is 18.6 Å². The molecule has 94 valence electrons. The number of carbonyl (C=O) groups is 1. The molecule has 0 aromatic heterocycles. The monoisotopic (exact) mass is 252 g/mol. The fourth-order valence-corrected chi connectivity index (χ4v) is 2.47. The molecule has 16 heavy (non-hydrogen) atoms. The Morgan fingerprint density at radius 3 is 2.44 bits per heavy atom. The number of hydrogen-bond donors (Lipinski definition) is 1. The minimum atomic E-state index is -3.63.